The number of aromatic nitrogens is 2. The molecule has 2 aromatic rings. The molecular formula is C20H20F3N5O4S. The van der Waals surface area contributed by atoms with Gasteiger partial charge in [0.05, 0.1) is 21.8 Å². The number of hydrogen-bond acceptors (Lipinski definition) is 7. The molecule has 33 heavy (non-hydrogen) atoms. The minimum atomic E-state index is -4.85. The number of ether oxygens (including phenoxy) is 1. The lowest BCUT2D eigenvalue weighted by molar-refractivity contribution is -0.139. The van der Waals surface area contributed by atoms with E-state index in [1.165, 1.54) is 11.0 Å². The summed E-state index contributed by atoms with van der Waals surface area (Å²) < 4.78 is 72.3. The van der Waals surface area contributed by atoms with Gasteiger partial charge in [0, 0.05) is 24.7 Å². The third-order valence-corrected chi connectivity index (χ3v) is 7.87. The molecule has 0 bridgehead atoms. The summed E-state index contributed by atoms with van der Waals surface area (Å²) in [6, 6.07) is 7.57. The zero-order valence-electron chi connectivity index (χ0n) is 17.4. The number of benzene rings is 1. The predicted molar refractivity (Wildman–Crippen MR) is 109 cm³/mol. The number of nitrogens with zero attached hydrogens (tertiary/aromatic N) is 3. The van der Waals surface area contributed by atoms with Gasteiger partial charge < -0.3 is 15.0 Å². The average molecular weight is 483 g/mol. The van der Waals surface area contributed by atoms with Gasteiger partial charge in [0.15, 0.2) is 21.9 Å². The highest BCUT2D eigenvalue weighted by Crippen LogP contribution is 2.39. The Kier molecular flexibility index (Phi) is 5.52. The molecule has 13 heteroatoms. The highest BCUT2D eigenvalue weighted by Gasteiger charge is 2.48. The molecule has 1 aliphatic carbocycles. The fraction of sp³-hybridized carbons (Fsp3) is 0.450. The number of halogens is 3. The number of carbonyl (C=O) groups excluding carboxylic acids is 1. The maximum absolute atomic E-state index is 13.5. The summed E-state index contributed by atoms with van der Waals surface area (Å²) in [5, 5.41) is 17.1. The highest BCUT2D eigenvalue weighted by molar-refractivity contribution is 7.92. The number of hydrogen-bond donors (Lipinski definition) is 2. The molecule has 9 nitrogen and oxygen atoms in total. The number of nitriles is 1. The number of rotatable bonds is 5. The molecule has 0 unspecified atom stereocenters. The number of alkyl carbamates (subject to hydrolysis) is 1. The van der Waals surface area contributed by atoms with Crippen molar-refractivity contribution in [3.8, 4) is 6.07 Å². The summed E-state index contributed by atoms with van der Waals surface area (Å²) in [4.78, 5) is 13.0. The van der Waals surface area contributed by atoms with Crippen LogP contribution in [0.25, 0.3) is 0 Å². The molecule has 2 heterocycles. The van der Waals surface area contributed by atoms with Crippen LogP contribution in [0.2, 0.25) is 0 Å². The zero-order valence-corrected chi connectivity index (χ0v) is 18.2. The normalized spacial score (nSPS) is 22.0. The van der Waals surface area contributed by atoms with Gasteiger partial charge in [0.25, 0.3) is 0 Å². The molecule has 1 aromatic carbocycles. The van der Waals surface area contributed by atoms with Gasteiger partial charge >= 0.3 is 12.3 Å². The number of aromatic amines is 1. The Morgan fingerprint density at radius 3 is 2.64 bits per heavy atom. The maximum Gasteiger partial charge on any atom is 0.417 e. The fourth-order valence-corrected chi connectivity index (χ4v) is 5.65. The van der Waals surface area contributed by atoms with Gasteiger partial charge in [-0.05, 0) is 31.9 Å². The number of H-pyrrole nitrogens is 1. The predicted octanol–water partition coefficient (Wildman–Crippen LogP) is 2.90. The second kappa shape index (κ2) is 7.95. The smallest absolute Gasteiger partial charge is 0.417 e. The molecule has 1 saturated heterocycles. The van der Waals surface area contributed by atoms with Crippen LogP contribution in [0.1, 0.15) is 30.5 Å². The second-order valence-electron chi connectivity index (χ2n) is 8.14. The van der Waals surface area contributed by atoms with Crippen LogP contribution in [0.5, 0.6) is 0 Å². The van der Waals surface area contributed by atoms with Crippen molar-refractivity contribution in [2.24, 2.45) is 0 Å². The number of aryl methyl sites for hydroxylation is 1. The van der Waals surface area contributed by atoms with Crippen molar-refractivity contribution in [3.05, 3.63) is 41.6 Å². The second-order valence-corrected chi connectivity index (χ2v) is 10.3. The number of nitrogens with one attached hydrogen (secondary N) is 2. The van der Waals surface area contributed by atoms with E-state index in [1.807, 2.05) is 6.07 Å². The van der Waals surface area contributed by atoms with Crippen LogP contribution >= 0.6 is 0 Å². The van der Waals surface area contributed by atoms with Crippen molar-refractivity contribution in [1.82, 2.24) is 15.5 Å². The lowest BCUT2D eigenvalue weighted by atomic mass is 10.2. The average Bonchev–Trinajstić information content (AvgIpc) is 3.17. The molecule has 0 radical (unpaired) electrons. The van der Waals surface area contributed by atoms with Crippen LogP contribution in [-0.2, 0) is 20.8 Å². The van der Waals surface area contributed by atoms with Gasteiger partial charge in [-0.15, -0.1) is 0 Å². The molecule has 0 spiro atoms. The molecule has 1 saturated carbocycles. The zero-order chi connectivity index (χ0) is 24.0. The third-order valence-electron chi connectivity index (χ3n) is 5.69. The van der Waals surface area contributed by atoms with Crippen LogP contribution in [0.15, 0.2) is 35.2 Å². The summed E-state index contributed by atoms with van der Waals surface area (Å²) in [5.41, 5.74) is -1.59. The number of alkyl halides is 3. The van der Waals surface area contributed by atoms with Gasteiger partial charge in [-0.25, -0.2) is 13.2 Å². The summed E-state index contributed by atoms with van der Waals surface area (Å²) >= 11 is 0. The quantitative estimate of drug-likeness (QED) is 0.669. The van der Waals surface area contributed by atoms with Crippen molar-refractivity contribution in [2.75, 3.05) is 11.4 Å². The van der Waals surface area contributed by atoms with E-state index < -0.39 is 49.6 Å². The van der Waals surface area contributed by atoms with Crippen LogP contribution in [0.4, 0.5) is 23.8 Å². The SMILES string of the molecule is Cc1cc(N2C[C@H](S(=O)(=O)c3ccccc3C(F)(F)F)C[C@@H]2OC(=O)NC2(C#N)CC2)n[nH]1. The summed E-state index contributed by atoms with van der Waals surface area (Å²) in [6.45, 7) is 1.48. The van der Waals surface area contributed by atoms with Crippen molar-refractivity contribution in [3.63, 3.8) is 0 Å². The van der Waals surface area contributed by atoms with E-state index in [1.54, 1.807) is 13.0 Å². The van der Waals surface area contributed by atoms with Crippen LogP contribution in [0, 0.1) is 18.3 Å². The fourth-order valence-electron chi connectivity index (χ4n) is 3.76. The topological polar surface area (TPSA) is 128 Å². The van der Waals surface area contributed by atoms with Crippen LogP contribution < -0.4 is 10.2 Å². The number of anilines is 1. The number of sulfone groups is 1. The Morgan fingerprint density at radius 2 is 2.06 bits per heavy atom. The molecule has 2 atom stereocenters. The van der Waals surface area contributed by atoms with Gasteiger partial charge in [0.2, 0.25) is 0 Å². The molecule has 1 aliphatic heterocycles. The van der Waals surface area contributed by atoms with E-state index >= 15 is 0 Å². The molecule has 1 aromatic heterocycles. The van der Waals surface area contributed by atoms with E-state index in [0.717, 1.165) is 18.2 Å². The molecule has 4 rings (SSSR count). The lowest BCUT2D eigenvalue weighted by Gasteiger charge is -2.24. The van der Waals surface area contributed by atoms with E-state index in [0.29, 0.717) is 18.5 Å². The van der Waals surface area contributed by atoms with Gasteiger partial charge in [-0.1, -0.05) is 12.1 Å². The molecule has 1 amide bonds. The Morgan fingerprint density at radius 1 is 1.36 bits per heavy atom. The van der Waals surface area contributed by atoms with Gasteiger partial charge in [0.1, 0.15) is 5.54 Å². The largest absolute Gasteiger partial charge is 0.425 e. The minimum absolute atomic E-state index is 0.236. The Labute approximate surface area is 187 Å². The van der Waals surface area contributed by atoms with Gasteiger partial charge in [-0.2, -0.15) is 23.5 Å². The Balaban J connectivity index is 1.63. The van der Waals surface area contributed by atoms with Gasteiger partial charge in [-0.3, -0.25) is 5.10 Å². The number of carbonyl (C=O) groups is 1. The minimum Gasteiger partial charge on any atom is -0.425 e. The molecule has 176 valence electrons. The highest BCUT2D eigenvalue weighted by atomic mass is 32.2. The first-order chi connectivity index (χ1) is 15.4. The first-order valence-corrected chi connectivity index (χ1v) is 11.6. The van der Waals surface area contributed by atoms with Crippen LogP contribution in [0.3, 0.4) is 0 Å². The first-order valence-electron chi connectivity index (χ1n) is 10.0. The first kappa shape index (κ1) is 22.9. The van der Waals surface area contributed by atoms with E-state index in [9.17, 15) is 26.4 Å². The molecular weight excluding hydrogens is 463 g/mol. The van der Waals surface area contributed by atoms with Crippen molar-refractivity contribution in [2.45, 2.75) is 54.3 Å². The van der Waals surface area contributed by atoms with Crippen molar-refractivity contribution >= 4 is 21.7 Å². The maximum atomic E-state index is 13.5. The summed E-state index contributed by atoms with van der Waals surface area (Å²) in [6.07, 6.45) is -6.21. The Bertz CT molecular complexity index is 1220. The van der Waals surface area contributed by atoms with Crippen molar-refractivity contribution < 1.29 is 31.1 Å². The molecule has 2 N–H and O–H groups in total. The Hall–Kier alpha value is -3.27. The standard InChI is InChI=1S/C20H20F3N5O4S/c1-12-8-16(27-26-12)28-10-13(9-17(28)32-18(29)25-19(11-24)6-7-19)33(30,31)15-5-3-2-4-14(15)20(21,22)23/h2-5,8,13,17H,6-7,9-10H2,1H3,(H,25,29)(H,26,27)/t13-,17+/m1/s1. The summed E-state index contributed by atoms with van der Waals surface area (Å²) in [5.74, 6) is 0.286. The van der Waals surface area contributed by atoms with Crippen molar-refractivity contribution in [1.29, 1.82) is 5.26 Å². The van der Waals surface area contributed by atoms with E-state index in [2.05, 4.69) is 15.5 Å². The monoisotopic (exact) mass is 483 g/mol. The summed E-state index contributed by atoms with van der Waals surface area (Å²) in [7, 11) is -4.45. The molecule has 2 fully saturated rings. The van der Waals surface area contributed by atoms with E-state index in [4.69, 9.17) is 10.00 Å². The molecule has 2 aliphatic rings. The van der Waals surface area contributed by atoms with Crippen LogP contribution in [-0.4, -0.2) is 48.3 Å². The van der Waals surface area contributed by atoms with E-state index in [-0.39, 0.29) is 18.8 Å². The number of amides is 1. The lowest BCUT2D eigenvalue weighted by Crippen LogP contribution is -2.41. The third kappa shape index (κ3) is 4.47.